The van der Waals surface area contributed by atoms with Crippen molar-refractivity contribution in [2.75, 3.05) is 41.0 Å². The van der Waals surface area contributed by atoms with Crippen LogP contribution in [0.3, 0.4) is 0 Å². The number of aryl methyl sites for hydroxylation is 1. The number of nitrogens with zero attached hydrogens (tertiary/aromatic N) is 1. The zero-order valence-electron chi connectivity index (χ0n) is 15.6. The Balaban J connectivity index is 2.36. The van der Waals surface area contributed by atoms with Gasteiger partial charge in [-0.05, 0) is 37.5 Å². The summed E-state index contributed by atoms with van der Waals surface area (Å²) >= 11 is 0. The maximum absolute atomic E-state index is 11.1. The van der Waals surface area contributed by atoms with Crippen molar-refractivity contribution in [3.63, 3.8) is 0 Å². The van der Waals surface area contributed by atoms with Crippen molar-refractivity contribution in [2.24, 2.45) is 4.99 Å². The van der Waals surface area contributed by atoms with Crippen LogP contribution in [0.4, 0.5) is 0 Å². The molecular formula is C18H29N3O4. The molecule has 0 aliphatic carbocycles. The molecular weight excluding hydrogens is 322 g/mol. The molecule has 0 aliphatic rings. The van der Waals surface area contributed by atoms with Crippen LogP contribution in [0.15, 0.2) is 23.2 Å². The summed E-state index contributed by atoms with van der Waals surface area (Å²) in [5.41, 5.74) is 1.19. The summed E-state index contributed by atoms with van der Waals surface area (Å²) in [5, 5.41) is 6.30. The predicted octanol–water partition coefficient (Wildman–Crippen LogP) is 1.75. The molecule has 140 valence electrons. The van der Waals surface area contributed by atoms with Crippen LogP contribution in [0, 0.1) is 0 Å². The minimum atomic E-state index is -0.243. The summed E-state index contributed by atoms with van der Waals surface area (Å²) in [4.78, 5) is 15.2. The number of methoxy groups -OCH3 is 2. The molecule has 1 rings (SSSR count). The zero-order chi connectivity index (χ0) is 18.5. The van der Waals surface area contributed by atoms with Gasteiger partial charge in [0.25, 0.3) is 0 Å². The highest BCUT2D eigenvalue weighted by atomic mass is 16.5. The van der Waals surface area contributed by atoms with E-state index in [1.54, 1.807) is 14.2 Å². The quantitative estimate of drug-likeness (QED) is 0.289. The minimum Gasteiger partial charge on any atom is -0.493 e. The van der Waals surface area contributed by atoms with Gasteiger partial charge in [-0.3, -0.25) is 9.79 Å². The van der Waals surface area contributed by atoms with Crippen molar-refractivity contribution in [1.29, 1.82) is 0 Å². The van der Waals surface area contributed by atoms with Crippen molar-refractivity contribution in [3.05, 3.63) is 23.8 Å². The normalized spacial score (nSPS) is 11.0. The molecule has 0 bridgehead atoms. The van der Waals surface area contributed by atoms with Crippen LogP contribution in [0.25, 0.3) is 0 Å². The molecule has 0 atom stereocenters. The van der Waals surface area contributed by atoms with Crippen molar-refractivity contribution < 1.29 is 19.0 Å². The Morgan fingerprint density at radius 3 is 2.56 bits per heavy atom. The van der Waals surface area contributed by atoms with Gasteiger partial charge in [-0.15, -0.1) is 0 Å². The number of guanidine groups is 1. The van der Waals surface area contributed by atoms with Crippen LogP contribution in [-0.4, -0.2) is 52.9 Å². The van der Waals surface area contributed by atoms with E-state index in [9.17, 15) is 4.79 Å². The molecule has 0 radical (unpaired) electrons. The standard InChI is InChI=1S/C18H29N3O4/c1-5-25-16-13-14(8-9-15(16)23-3)7-6-11-20-18(19-2)21-12-10-17(22)24-4/h8-9,13H,5-7,10-12H2,1-4H3,(H2,19,20,21). The molecule has 0 spiro atoms. The Hall–Kier alpha value is -2.44. The van der Waals surface area contributed by atoms with Crippen LogP contribution in [0.2, 0.25) is 0 Å². The van der Waals surface area contributed by atoms with Crippen molar-refractivity contribution >= 4 is 11.9 Å². The third-order valence-corrected chi connectivity index (χ3v) is 3.54. The molecule has 0 amide bonds. The molecule has 0 aliphatic heterocycles. The molecule has 0 unspecified atom stereocenters. The number of rotatable bonds is 10. The lowest BCUT2D eigenvalue weighted by atomic mass is 10.1. The predicted molar refractivity (Wildman–Crippen MR) is 98.5 cm³/mol. The summed E-state index contributed by atoms with van der Waals surface area (Å²) in [7, 11) is 4.72. The molecule has 0 saturated carbocycles. The van der Waals surface area contributed by atoms with Gasteiger partial charge >= 0.3 is 5.97 Å². The summed E-state index contributed by atoms with van der Waals surface area (Å²) in [5.74, 6) is 1.95. The topological polar surface area (TPSA) is 81.2 Å². The second-order valence-electron chi connectivity index (χ2n) is 5.27. The number of nitrogens with one attached hydrogen (secondary N) is 2. The fraction of sp³-hybridized carbons (Fsp3) is 0.556. The van der Waals surface area contributed by atoms with E-state index >= 15 is 0 Å². The Labute approximate surface area is 149 Å². The van der Waals surface area contributed by atoms with E-state index in [2.05, 4.69) is 20.4 Å². The maximum Gasteiger partial charge on any atom is 0.307 e. The monoisotopic (exact) mass is 351 g/mol. The molecule has 1 aromatic rings. The third-order valence-electron chi connectivity index (χ3n) is 3.54. The Kier molecular flexibility index (Phi) is 9.89. The molecule has 0 aromatic heterocycles. The first-order chi connectivity index (χ1) is 12.1. The number of hydrogen-bond donors (Lipinski definition) is 2. The molecule has 25 heavy (non-hydrogen) atoms. The molecule has 2 N–H and O–H groups in total. The number of carbonyl (C=O) groups excluding carboxylic acids is 1. The molecule has 7 nitrogen and oxygen atoms in total. The van der Waals surface area contributed by atoms with E-state index in [0.717, 1.165) is 30.9 Å². The van der Waals surface area contributed by atoms with Crippen LogP contribution in [0.5, 0.6) is 11.5 Å². The highest BCUT2D eigenvalue weighted by molar-refractivity contribution is 5.80. The second-order valence-corrected chi connectivity index (χ2v) is 5.27. The van der Waals surface area contributed by atoms with E-state index in [1.165, 1.54) is 12.7 Å². The van der Waals surface area contributed by atoms with E-state index < -0.39 is 0 Å². The maximum atomic E-state index is 11.1. The van der Waals surface area contributed by atoms with E-state index in [0.29, 0.717) is 25.5 Å². The van der Waals surface area contributed by atoms with Crippen LogP contribution in [-0.2, 0) is 16.0 Å². The van der Waals surface area contributed by atoms with Gasteiger partial charge < -0.3 is 24.8 Å². The average Bonchev–Trinajstić information content (AvgIpc) is 2.63. The SMILES string of the molecule is CCOc1cc(CCCNC(=NC)NCCC(=O)OC)ccc1OC. The summed E-state index contributed by atoms with van der Waals surface area (Å²) in [6, 6.07) is 6.00. The lowest BCUT2D eigenvalue weighted by Gasteiger charge is -2.13. The summed E-state index contributed by atoms with van der Waals surface area (Å²) in [6.07, 6.45) is 2.16. The Morgan fingerprint density at radius 1 is 1.16 bits per heavy atom. The summed E-state index contributed by atoms with van der Waals surface area (Å²) in [6.45, 7) is 3.82. The number of benzene rings is 1. The van der Waals surface area contributed by atoms with Gasteiger partial charge in [-0.1, -0.05) is 6.07 Å². The molecule has 1 aromatic carbocycles. The second kappa shape index (κ2) is 12.0. The lowest BCUT2D eigenvalue weighted by molar-refractivity contribution is -0.140. The number of esters is 1. The summed E-state index contributed by atoms with van der Waals surface area (Å²) < 4.78 is 15.5. The third kappa shape index (κ3) is 7.78. The van der Waals surface area contributed by atoms with Gasteiger partial charge in [0.05, 0.1) is 27.2 Å². The first-order valence-corrected chi connectivity index (χ1v) is 8.45. The van der Waals surface area contributed by atoms with Gasteiger partial charge in [0.15, 0.2) is 17.5 Å². The van der Waals surface area contributed by atoms with Gasteiger partial charge in [-0.25, -0.2) is 0 Å². The van der Waals surface area contributed by atoms with Gasteiger partial charge in [0.1, 0.15) is 0 Å². The molecule has 0 heterocycles. The highest BCUT2D eigenvalue weighted by Crippen LogP contribution is 2.28. The van der Waals surface area contributed by atoms with E-state index in [-0.39, 0.29) is 5.97 Å². The number of carbonyl (C=O) groups is 1. The van der Waals surface area contributed by atoms with E-state index in [4.69, 9.17) is 9.47 Å². The van der Waals surface area contributed by atoms with Crippen molar-refractivity contribution in [3.8, 4) is 11.5 Å². The Morgan fingerprint density at radius 2 is 1.92 bits per heavy atom. The molecule has 0 fully saturated rings. The van der Waals surface area contributed by atoms with Crippen LogP contribution in [0.1, 0.15) is 25.3 Å². The average molecular weight is 351 g/mol. The highest BCUT2D eigenvalue weighted by Gasteiger charge is 2.06. The fourth-order valence-electron chi connectivity index (χ4n) is 2.25. The first-order valence-electron chi connectivity index (χ1n) is 8.45. The zero-order valence-corrected chi connectivity index (χ0v) is 15.6. The smallest absolute Gasteiger partial charge is 0.307 e. The number of ether oxygens (including phenoxy) is 3. The van der Waals surface area contributed by atoms with Crippen LogP contribution >= 0.6 is 0 Å². The van der Waals surface area contributed by atoms with Crippen molar-refractivity contribution in [2.45, 2.75) is 26.2 Å². The van der Waals surface area contributed by atoms with E-state index in [1.807, 2.05) is 25.1 Å². The molecule has 0 saturated heterocycles. The van der Waals surface area contributed by atoms with Gasteiger partial charge in [-0.2, -0.15) is 0 Å². The van der Waals surface area contributed by atoms with Gasteiger partial charge in [0, 0.05) is 20.1 Å². The Bertz CT molecular complexity index is 561. The first kappa shape index (κ1) is 20.6. The largest absolute Gasteiger partial charge is 0.493 e. The van der Waals surface area contributed by atoms with Gasteiger partial charge in [0.2, 0.25) is 0 Å². The number of hydrogen-bond acceptors (Lipinski definition) is 5. The fourth-order valence-corrected chi connectivity index (χ4v) is 2.25. The van der Waals surface area contributed by atoms with Crippen molar-refractivity contribution in [1.82, 2.24) is 10.6 Å². The molecule has 7 heteroatoms. The lowest BCUT2D eigenvalue weighted by Crippen LogP contribution is -2.38. The van der Waals surface area contributed by atoms with Crippen LogP contribution < -0.4 is 20.1 Å². The number of aliphatic imine (C=N–C) groups is 1. The minimum absolute atomic E-state index is 0.243.